The highest BCUT2D eigenvalue weighted by Crippen LogP contribution is 2.18. The number of amides is 1. The van der Waals surface area contributed by atoms with Gasteiger partial charge in [-0.15, -0.1) is 16.4 Å². The third kappa shape index (κ3) is 3.05. The van der Waals surface area contributed by atoms with Crippen LogP contribution in [0.4, 0.5) is 5.82 Å². The number of carbonyl (C=O) groups excluding carboxylic acids is 1. The fourth-order valence-corrected chi connectivity index (χ4v) is 3.26. The molecule has 0 radical (unpaired) electrons. The van der Waals surface area contributed by atoms with Gasteiger partial charge >= 0.3 is 0 Å². The standard InChI is InChI=1S/C15H18N4OS/c1-11-9-13(21-10-11)15(20)19-7-5-18(6-8-19)14-4-3-12(2)16-17-14/h3-4,9-10H,5-8H2,1-2H3. The van der Waals surface area contributed by atoms with E-state index in [-0.39, 0.29) is 5.91 Å². The lowest BCUT2D eigenvalue weighted by molar-refractivity contribution is 0.0751. The number of nitrogens with zero attached hydrogens (tertiary/aromatic N) is 4. The first kappa shape index (κ1) is 14.0. The monoisotopic (exact) mass is 302 g/mol. The van der Waals surface area contributed by atoms with Gasteiger partial charge in [-0.25, -0.2) is 0 Å². The molecule has 0 spiro atoms. The Morgan fingerprint density at radius 3 is 2.48 bits per heavy atom. The van der Waals surface area contributed by atoms with Crippen LogP contribution in [0.2, 0.25) is 0 Å². The van der Waals surface area contributed by atoms with E-state index in [1.54, 1.807) is 0 Å². The lowest BCUT2D eigenvalue weighted by Crippen LogP contribution is -2.49. The summed E-state index contributed by atoms with van der Waals surface area (Å²) in [6.45, 7) is 7.00. The van der Waals surface area contributed by atoms with Gasteiger partial charge < -0.3 is 9.80 Å². The summed E-state index contributed by atoms with van der Waals surface area (Å²) in [5.41, 5.74) is 2.07. The highest BCUT2D eigenvalue weighted by molar-refractivity contribution is 7.12. The molecule has 1 amide bonds. The van der Waals surface area contributed by atoms with Gasteiger partial charge in [-0.05, 0) is 43.0 Å². The molecule has 0 unspecified atom stereocenters. The summed E-state index contributed by atoms with van der Waals surface area (Å²) in [6.07, 6.45) is 0. The molecule has 0 saturated carbocycles. The van der Waals surface area contributed by atoms with Crippen molar-refractivity contribution >= 4 is 23.1 Å². The van der Waals surface area contributed by atoms with Crippen LogP contribution in [0.3, 0.4) is 0 Å². The number of hydrogen-bond donors (Lipinski definition) is 0. The molecule has 0 bridgehead atoms. The SMILES string of the molecule is Cc1csc(C(=O)N2CCN(c3ccc(C)nn3)CC2)c1. The largest absolute Gasteiger partial charge is 0.352 e. The van der Waals surface area contributed by atoms with Gasteiger partial charge in [0.25, 0.3) is 5.91 Å². The summed E-state index contributed by atoms with van der Waals surface area (Å²) in [4.78, 5) is 17.3. The molecule has 6 heteroatoms. The summed E-state index contributed by atoms with van der Waals surface area (Å²) in [5, 5.41) is 10.3. The van der Waals surface area contributed by atoms with Crippen LogP contribution in [-0.4, -0.2) is 47.2 Å². The topological polar surface area (TPSA) is 49.3 Å². The number of aryl methyl sites for hydroxylation is 2. The van der Waals surface area contributed by atoms with Gasteiger partial charge in [0.15, 0.2) is 5.82 Å². The summed E-state index contributed by atoms with van der Waals surface area (Å²) >= 11 is 1.52. The van der Waals surface area contributed by atoms with Crippen LogP contribution in [-0.2, 0) is 0 Å². The van der Waals surface area contributed by atoms with E-state index in [4.69, 9.17) is 0 Å². The van der Waals surface area contributed by atoms with Crippen LogP contribution in [0.15, 0.2) is 23.6 Å². The molecule has 0 aromatic carbocycles. The van der Waals surface area contributed by atoms with E-state index in [1.807, 2.05) is 42.3 Å². The fourth-order valence-electron chi connectivity index (χ4n) is 2.40. The zero-order chi connectivity index (χ0) is 14.8. The first-order valence-corrected chi connectivity index (χ1v) is 7.91. The third-order valence-electron chi connectivity index (χ3n) is 3.62. The van der Waals surface area contributed by atoms with Gasteiger partial charge in [0.1, 0.15) is 0 Å². The predicted molar refractivity (Wildman–Crippen MR) is 83.9 cm³/mol. The van der Waals surface area contributed by atoms with Gasteiger partial charge in [0.2, 0.25) is 0 Å². The second-order valence-electron chi connectivity index (χ2n) is 5.30. The molecule has 110 valence electrons. The van der Waals surface area contributed by atoms with E-state index in [1.165, 1.54) is 11.3 Å². The van der Waals surface area contributed by atoms with E-state index >= 15 is 0 Å². The minimum absolute atomic E-state index is 0.141. The average molecular weight is 302 g/mol. The van der Waals surface area contributed by atoms with Gasteiger partial charge in [0.05, 0.1) is 10.6 Å². The third-order valence-corrected chi connectivity index (χ3v) is 4.65. The maximum Gasteiger partial charge on any atom is 0.264 e. The molecule has 0 atom stereocenters. The van der Waals surface area contributed by atoms with Gasteiger partial charge in [-0.3, -0.25) is 4.79 Å². The number of piperazine rings is 1. The molecule has 1 aliphatic rings. The highest BCUT2D eigenvalue weighted by Gasteiger charge is 2.23. The summed E-state index contributed by atoms with van der Waals surface area (Å²) in [7, 11) is 0. The first-order valence-electron chi connectivity index (χ1n) is 7.03. The Balaban J connectivity index is 1.62. The lowest BCUT2D eigenvalue weighted by atomic mass is 10.2. The molecule has 2 aromatic heterocycles. The Morgan fingerprint density at radius 2 is 1.90 bits per heavy atom. The molecule has 1 aliphatic heterocycles. The molecule has 3 rings (SSSR count). The molecule has 21 heavy (non-hydrogen) atoms. The van der Waals surface area contributed by atoms with Crippen LogP contribution >= 0.6 is 11.3 Å². The zero-order valence-corrected chi connectivity index (χ0v) is 13.1. The number of hydrogen-bond acceptors (Lipinski definition) is 5. The molecule has 5 nitrogen and oxygen atoms in total. The molecule has 0 aliphatic carbocycles. The zero-order valence-electron chi connectivity index (χ0n) is 12.2. The minimum Gasteiger partial charge on any atom is -0.352 e. The number of carbonyl (C=O) groups is 1. The average Bonchev–Trinajstić information content (AvgIpc) is 2.94. The van der Waals surface area contributed by atoms with Crippen molar-refractivity contribution in [3.05, 3.63) is 39.7 Å². The molecular weight excluding hydrogens is 284 g/mol. The van der Waals surface area contributed by atoms with Crippen molar-refractivity contribution < 1.29 is 4.79 Å². The van der Waals surface area contributed by atoms with Gasteiger partial charge in [0, 0.05) is 26.2 Å². The normalized spacial score (nSPS) is 15.3. The van der Waals surface area contributed by atoms with Crippen LogP contribution in [0.1, 0.15) is 20.9 Å². The predicted octanol–water partition coefficient (Wildman–Crippen LogP) is 2.12. The lowest BCUT2D eigenvalue weighted by Gasteiger charge is -2.35. The van der Waals surface area contributed by atoms with Crippen molar-refractivity contribution in [1.29, 1.82) is 0 Å². The second kappa shape index (κ2) is 5.81. The van der Waals surface area contributed by atoms with Crippen LogP contribution in [0, 0.1) is 13.8 Å². The van der Waals surface area contributed by atoms with Crippen molar-refractivity contribution in [3.63, 3.8) is 0 Å². The van der Waals surface area contributed by atoms with E-state index < -0.39 is 0 Å². The molecule has 1 fully saturated rings. The maximum absolute atomic E-state index is 12.4. The van der Waals surface area contributed by atoms with Crippen LogP contribution in [0.5, 0.6) is 0 Å². The number of rotatable bonds is 2. The van der Waals surface area contributed by atoms with E-state index in [2.05, 4.69) is 15.1 Å². The number of anilines is 1. The summed E-state index contributed by atoms with van der Waals surface area (Å²) in [5.74, 6) is 1.03. The summed E-state index contributed by atoms with van der Waals surface area (Å²) in [6, 6.07) is 5.92. The smallest absolute Gasteiger partial charge is 0.264 e. The Hall–Kier alpha value is -1.95. The van der Waals surface area contributed by atoms with E-state index in [9.17, 15) is 4.79 Å². The minimum atomic E-state index is 0.141. The van der Waals surface area contributed by atoms with Crippen LogP contribution < -0.4 is 4.90 Å². The van der Waals surface area contributed by atoms with Gasteiger partial charge in [-0.1, -0.05) is 0 Å². The van der Waals surface area contributed by atoms with Crippen molar-refractivity contribution in [2.75, 3.05) is 31.1 Å². The molecule has 0 N–H and O–H groups in total. The van der Waals surface area contributed by atoms with Crippen molar-refractivity contribution in [2.24, 2.45) is 0 Å². The van der Waals surface area contributed by atoms with Crippen molar-refractivity contribution in [3.8, 4) is 0 Å². The molecular formula is C15H18N4OS. The fraction of sp³-hybridized carbons (Fsp3) is 0.400. The van der Waals surface area contributed by atoms with E-state index in [0.29, 0.717) is 0 Å². The molecule has 3 heterocycles. The van der Waals surface area contributed by atoms with Gasteiger partial charge in [-0.2, -0.15) is 5.10 Å². The highest BCUT2D eigenvalue weighted by atomic mass is 32.1. The Morgan fingerprint density at radius 1 is 1.14 bits per heavy atom. The Labute approximate surface area is 128 Å². The first-order chi connectivity index (χ1) is 10.1. The number of thiophene rings is 1. The number of aromatic nitrogens is 2. The Kier molecular flexibility index (Phi) is 3.88. The molecule has 2 aromatic rings. The maximum atomic E-state index is 12.4. The Bertz CT molecular complexity index is 629. The molecule has 1 saturated heterocycles. The second-order valence-corrected chi connectivity index (χ2v) is 6.21. The summed E-state index contributed by atoms with van der Waals surface area (Å²) < 4.78 is 0. The van der Waals surface area contributed by atoms with E-state index in [0.717, 1.165) is 48.1 Å². The van der Waals surface area contributed by atoms with Crippen LogP contribution in [0.25, 0.3) is 0 Å². The van der Waals surface area contributed by atoms with Crippen molar-refractivity contribution in [2.45, 2.75) is 13.8 Å². The van der Waals surface area contributed by atoms with Crippen molar-refractivity contribution in [1.82, 2.24) is 15.1 Å². The quantitative estimate of drug-likeness (QED) is 0.852.